The molecule has 2 N–H and O–H groups in total. The Morgan fingerprint density at radius 1 is 0.623 bits per heavy atom. The molecule has 0 amide bonds. The summed E-state index contributed by atoms with van der Waals surface area (Å²) in [6.45, 7) is 0. The van der Waals surface area contributed by atoms with Crippen LogP contribution in [0.3, 0.4) is 0 Å². The largest absolute Gasteiger partial charge is 0.359 e. The summed E-state index contributed by atoms with van der Waals surface area (Å²) in [5, 5.41) is 10.6. The molecule has 0 fully saturated rings. The third-order valence-corrected chi connectivity index (χ3v) is 13.4. The van der Waals surface area contributed by atoms with Crippen molar-refractivity contribution >= 4 is 33.2 Å². The summed E-state index contributed by atoms with van der Waals surface area (Å²) in [5.41, 5.74) is 18.2. The van der Waals surface area contributed by atoms with Gasteiger partial charge in [0, 0.05) is 50.6 Å². The predicted molar refractivity (Wildman–Crippen MR) is 256 cm³/mol. The highest BCUT2D eigenvalue weighted by Gasteiger charge is 2.37. The molecule has 4 aromatic rings. The number of allylic oxidation sites excluding steroid dienone is 19. The number of benzene rings is 3. The first-order valence-electron chi connectivity index (χ1n) is 22.7. The average molecular weight is 795 g/mol. The van der Waals surface area contributed by atoms with Crippen LogP contribution in [0.5, 0.6) is 0 Å². The highest BCUT2D eigenvalue weighted by Crippen LogP contribution is 2.44. The Morgan fingerprint density at radius 3 is 2.16 bits per heavy atom. The van der Waals surface area contributed by atoms with E-state index in [1.165, 1.54) is 89.4 Å². The Labute approximate surface area is 360 Å². The summed E-state index contributed by atoms with van der Waals surface area (Å²) in [6.07, 6.45) is 49.3. The molecule has 0 saturated carbocycles. The Hall–Kier alpha value is -6.52. The Morgan fingerprint density at radius 2 is 1.41 bits per heavy atom. The maximum Gasteiger partial charge on any atom is 0.126 e. The van der Waals surface area contributed by atoms with Crippen LogP contribution < -0.4 is 10.6 Å². The van der Waals surface area contributed by atoms with Crippen molar-refractivity contribution in [3.63, 3.8) is 0 Å². The van der Waals surface area contributed by atoms with Crippen molar-refractivity contribution in [2.45, 2.75) is 82.7 Å². The fraction of sp³-hybridized carbons (Fsp3) is 0.228. The van der Waals surface area contributed by atoms with Crippen molar-refractivity contribution in [2.24, 2.45) is 0 Å². The minimum atomic E-state index is 0.0308. The van der Waals surface area contributed by atoms with Crippen LogP contribution in [0, 0.1) is 0 Å². The summed E-state index contributed by atoms with van der Waals surface area (Å²) >= 11 is 0. The minimum absolute atomic E-state index is 0.0308. The van der Waals surface area contributed by atoms with Gasteiger partial charge in [-0.3, -0.25) is 0 Å². The van der Waals surface area contributed by atoms with Gasteiger partial charge >= 0.3 is 0 Å². The van der Waals surface area contributed by atoms with Crippen LogP contribution in [0.25, 0.3) is 33.2 Å². The van der Waals surface area contributed by atoms with E-state index >= 15 is 0 Å². The maximum absolute atomic E-state index is 4.10. The van der Waals surface area contributed by atoms with Gasteiger partial charge in [0.25, 0.3) is 0 Å². The highest BCUT2D eigenvalue weighted by atomic mass is 15.3. The summed E-state index contributed by atoms with van der Waals surface area (Å²) < 4.78 is 2.54. The molecule has 1 aliphatic heterocycles. The van der Waals surface area contributed by atoms with E-state index in [1.807, 2.05) is 0 Å². The average Bonchev–Trinajstić information content (AvgIpc) is 3.90. The van der Waals surface area contributed by atoms with E-state index in [4.69, 9.17) is 0 Å². The van der Waals surface area contributed by atoms with Crippen molar-refractivity contribution in [3.8, 4) is 0 Å². The van der Waals surface area contributed by atoms with E-state index in [0.717, 1.165) is 70.6 Å². The lowest BCUT2D eigenvalue weighted by molar-refractivity contribution is 0.393. The van der Waals surface area contributed by atoms with Gasteiger partial charge in [0.05, 0.1) is 22.4 Å². The lowest BCUT2D eigenvalue weighted by Crippen LogP contribution is -2.38. The van der Waals surface area contributed by atoms with E-state index in [2.05, 4.69) is 190 Å². The van der Waals surface area contributed by atoms with Crippen LogP contribution in [0.1, 0.15) is 87.7 Å². The zero-order valence-electron chi connectivity index (χ0n) is 35.0. The number of aromatic nitrogens is 1. The number of rotatable bonds is 9. The first-order valence-corrected chi connectivity index (χ1v) is 22.7. The molecule has 4 heteroatoms. The van der Waals surface area contributed by atoms with Gasteiger partial charge in [-0.15, -0.1) is 0 Å². The normalized spacial score (nSPS) is 22.6. The smallest absolute Gasteiger partial charge is 0.126 e. The molecule has 0 bridgehead atoms. The lowest BCUT2D eigenvalue weighted by atomic mass is 9.84. The first kappa shape index (κ1) is 37.5. The molecule has 3 aromatic carbocycles. The number of nitrogens with one attached hydrogen (secondary N) is 2. The maximum atomic E-state index is 4.10. The number of hydrogen-bond acceptors (Lipinski definition) is 3. The Bertz CT molecular complexity index is 2830. The summed E-state index contributed by atoms with van der Waals surface area (Å²) in [6, 6.07) is 27.3. The number of hydrogen-bond donors (Lipinski definition) is 2. The molecule has 1 aromatic heterocycles. The monoisotopic (exact) mass is 794 g/mol. The quantitative estimate of drug-likeness (QED) is 0.177. The van der Waals surface area contributed by atoms with E-state index < -0.39 is 0 Å². The van der Waals surface area contributed by atoms with Crippen LogP contribution in [0.4, 0.5) is 0 Å². The molecular formula is C57H54N4. The van der Waals surface area contributed by atoms with E-state index in [-0.39, 0.29) is 6.17 Å². The fourth-order valence-electron chi connectivity index (χ4n) is 10.3. The van der Waals surface area contributed by atoms with Crippen molar-refractivity contribution < 1.29 is 0 Å². The molecule has 11 rings (SSSR count). The molecule has 2 unspecified atom stereocenters. The van der Waals surface area contributed by atoms with Gasteiger partial charge in [0.2, 0.25) is 0 Å². The standard InChI is InChI=1S/C57H54N4/c1-6-18-40(19-7-1)50-38-44(32-36-52(50)58-46-24-12-4-13-25-46)45-33-37-54-51(39-45)49-28-16-17-29-53(49)60(54)48-34-30-43(31-35-48)57-59-55(41-20-8-2-9-21-41)56(42-22-10-3-11-23-42)61(57)47-26-14-5-15-27-47/h3-4,6,8,10-12,14,16-24,26-30,33-34,36-39,44,57-59H,1-2,5,7,9,13,15,25,31-32,35H2. The van der Waals surface area contributed by atoms with Gasteiger partial charge < -0.3 is 20.1 Å². The SMILES string of the molecule is C1=CCCC(NC2=CCC(c3ccc4c(c3)c3ccccc3n4C3=CC=C(C4NC(C5=CCCC=C5)=C(c5ccccc5)N4C4=CCCC=C4)CC3)C=C2C2=CCCC=C2)=C1. The van der Waals surface area contributed by atoms with Crippen LogP contribution in [0.2, 0.25) is 0 Å². The number of fused-ring (bicyclic) bond motifs is 3. The molecular weight excluding hydrogens is 741 g/mol. The Balaban J connectivity index is 0.946. The molecule has 6 aliphatic carbocycles. The molecule has 4 nitrogen and oxygen atoms in total. The number of nitrogens with zero attached hydrogens (tertiary/aromatic N) is 2. The van der Waals surface area contributed by atoms with E-state index in [0.29, 0.717) is 5.92 Å². The van der Waals surface area contributed by atoms with Gasteiger partial charge in [-0.05, 0) is 129 Å². The van der Waals surface area contributed by atoms with Gasteiger partial charge in [-0.2, -0.15) is 0 Å². The van der Waals surface area contributed by atoms with E-state index in [1.54, 1.807) is 0 Å². The third kappa shape index (κ3) is 7.18. The minimum Gasteiger partial charge on any atom is -0.359 e. The van der Waals surface area contributed by atoms with Crippen LogP contribution >= 0.6 is 0 Å². The molecule has 2 heterocycles. The Kier molecular flexibility index (Phi) is 10.1. The molecule has 0 saturated heterocycles. The zero-order chi connectivity index (χ0) is 40.5. The van der Waals surface area contributed by atoms with Crippen molar-refractivity contribution in [3.05, 3.63) is 226 Å². The summed E-state index contributed by atoms with van der Waals surface area (Å²) in [5.74, 6) is 0.304. The topological polar surface area (TPSA) is 32.2 Å². The van der Waals surface area contributed by atoms with Crippen molar-refractivity contribution in [1.82, 2.24) is 20.1 Å². The third-order valence-electron chi connectivity index (χ3n) is 13.4. The van der Waals surface area contributed by atoms with Gasteiger partial charge in [-0.1, -0.05) is 134 Å². The predicted octanol–water partition coefficient (Wildman–Crippen LogP) is 13.9. The van der Waals surface area contributed by atoms with Crippen LogP contribution in [-0.4, -0.2) is 15.6 Å². The second kappa shape index (κ2) is 16.5. The van der Waals surface area contributed by atoms with Crippen molar-refractivity contribution in [1.29, 1.82) is 0 Å². The second-order valence-electron chi connectivity index (χ2n) is 17.2. The zero-order valence-corrected chi connectivity index (χ0v) is 35.0. The highest BCUT2D eigenvalue weighted by molar-refractivity contribution is 6.10. The fourth-order valence-corrected chi connectivity index (χ4v) is 10.3. The first-order chi connectivity index (χ1) is 30.3. The lowest BCUT2D eigenvalue weighted by Gasteiger charge is -2.34. The summed E-state index contributed by atoms with van der Waals surface area (Å²) in [7, 11) is 0. The number of para-hydroxylation sites is 1. The molecule has 2 atom stereocenters. The van der Waals surface area contributed by atoms with Gasteiger partial charge in [0.1, 0.15) is 6.17 Å². The summed E-state index contributed by atoms with van der Waals surface area (Å²) in [4.78, 5) is 2.58. The molecule has 61 heavy (non-hydrogen) atoms. The van der Waals surface area contributed by atoms with Crippen LogP contribution in [-0.2, 0) is 0 Å². The van der Waals surface area contributed by atoms with Crippen LogP contribution in [0.15, 0.2) is 215 Å². The molecule has 7 aliphatic rings. The molecule has 0 radical (unpaired) electrons. The molecule has 0 spiro atoms. The van der Waals surface area contributed by atoms with Gasteiger partial charge in [0.15, 0.2) is 0 Å². The van der Waals surface area contributed by atoms with E-state index in [9.17, 15) is 0 Å². The van der Waals surface area contributed by atoms with Gasteiger partial charge in [-0.25, -0.2) is 0 Å². The second-order valence-corrected chi connectivity index (χ2v) is 17.2. The molecule has 302 valence electrons. The van der Waals surface area contributed by atoms with Crippen molar-refractivity contribution in [2.75, 3.05) is 0 Å².